The van der Waals surface area contributed by atoms with E-state index < -0.39 is 0 Å². The molecule has 35 heavy (non-hydrogen) atoms. The fourth-order valence-corrected chi connectivity index (χ4v) is 7.60. The molecule has 1 heteroatoms. The fraction of sp³-hybridized carbons (Fsp3) is 0.118. The summed E-state index contributed by atoms with van der Waals surface area (Å²) < 4.78 is 0. The Morgan fingerprint density at radius 2 is 1.00 bits per heavy atom. The number of hydrogen-bond acceptors (Lipinski definition) is 1. The van der Waals surface area contributed by atoms with E-state index in [0.29, 0.717) is 0 Å². The molecule has 1 aliphatic carbocycles. The first-order valence-electron chi connectivity index (χ1n) is 12.3. The number of fused-ring (bicyclic) bond motifs is 5. The van der Waals surface area contributed by atoms with E-state index in [-0.39, 0.29) is 10.8 Å². The van der Waals surface area contributed by atoms with E-state index in [1.807, 2.05) is 11.8 Å². The van der Waals surface area contributed by atoms with Crippen LogP contribution >= 0.6 is 11.8 Å². The molecule has 0 bridgehead atoms. The van der Waals surface area contributed by atoms with Crippen molar-refractivity contribution in [1.82, 2.24) is 0 Å². The molecule has 5 aromatic rings. The van der Waals surface area contributed by atoms with Gasteiger partial charge in [0.25, 0.3) is 0 Å². The SMILES string of the molecule is CC1(C)c2ccccc2-c2ccc(C3(c4ccccc4)c4ccccc4Sc4ccccc43)cc21. The van der Waals surface area contributed by atoms with Crippen LogP contribution < -0.4 is 0 Å². The third-order valence-electron chi connectivity index (χ3n) is 8.03. The Bertz CT molecular complexity index is 1550. The monoisotopic (exact) mass is 466 g/mol. The molecule has 168 valence electrons. The standard InChI is InChI=1S/C34H26S/c1-33(2)27-15-7-6-14-25(27)26-21-20-24(22-30(26)33)34(23-12-4-3-5-13-23)28-16-8-10-18-31(28)35-32-19-11-9-17-29(32)34/h3-22H,1-2H3. The molecule has 7 rings (SSSR count). The largest absolute Gasteiger partial charge is 0.0894 e. The summed E-state index contributed by atoms with van der Waals surface area (Å²) >= 11 is 1.89. The van der Waals surface area contributed by atoms with E-state index in [1.54, 1.807) is 0 Å². The smallest absolute Gasteiger partial charge is 0.0723 e. The van der Waals surface area contributed by atoms with E-state index in [9.17, 15) is 0 Å². The van der Waals surface area contributed by atoms with Crippen LogP contribution in [-0.4, -0.2) is 0 Å². The summed E-state index contributed by atoms with van der Waals surface area (Å²) in [4.78, 5) is 2.66. The van der Waals surface area contributed by atoms with E-state index in [1.165, 1.54) is 54.3 Å². The van der Waals surface area contributed by atoms with Crippen LogP contribution in [0.5, 0.6) is 0 Å². The quantitative estimate of drug-likeness (QED) is 0.246. The molecule has 0 amide bonds. The molecule has 0 saturated heterocycles. The maximum atomic E-state index is 2.51. The predicted octanol–water partition coefficient (Wildman–Crippen LogP) is 8.84. The second kappa shape index (κ2) is 7.47. The lowest BCUT2D eigenvalue weighted by Gasteiger charge is -2.42. The fourth-order valence-electron chi connectivity index (χ4n) is 6.41. The van der Waals surface area contributed by atoms with Gasteiger partial charge in [-0.15, -0.1) is 0 Å². The van der Waals surface area contributed by atoms with Crippen molar-refractivity contribution < 1.29 is 0 Å². The number of benzene rings is 5. The molecule has 0 atom stereocenters. The average molecular weight is 467 g/mol. The Balaban J connectivity index is 1.60. The van der Waals surface area contributed by atoms with Gasteiger partial charge < -0.3 is 0 Å². The van der Waals surface area contributed by atoms with Crippen LogP contribution in [-0.2, 0) is 10.8 Å². The van der Waals surface area contributed by atoms with E-state index in [4.69, 9.17) is 0 Å². The van der Waals surface area contributed by atoms with Gasteiger partial charge in [0.05, 0.1) is 5.41 Å². The van der Waals surface area contributed by atoms with Gasteiger partial charge in [-0.2, -0.15) is 0 Å². The second-order valence-electron chi connectivity index (χ2n) is 10.1. The van der Waals surface area contributed by atoms with Gasteiger partial charge >= 0.3 is 0 Å². The first-order valence-corrected chi connectivity index (χ1v) is 13.1. The van der Waals surface area contributed by atoms with Gasteiger partial charge in [0.2, 0.25) is 0 Å². The molecule has 0 aromatic heterocycles. The highest BCUT2D eigenvalue weighted by Gasteiger charge is 2.45. The van der Waals surface area contributed by atoms with Gasteiger partial charge in [-0.25, -0.2) is 0 Å². The van der Waals surface area contributed by atoms with E-state index in [2.05, 4.69) is 135 Å². The van der Waals surface area contributed by atoms with Crippen LogP contribution in [0.2, 0.25) is 0 Å². The molecule has 0 spiro atoms. The predicted molar refractivity (Wildman–Crippen MR) is 146 cm³/mol. The minimum absolute atomic E-state index is 0.0394. The van der Waals surface area contributed by atoms with Gasteiger partial charge in [-0.3, -0.25) is 0 Å². The zero-order valence-corrected chi connectivity index (χ0v) is 20.8. The zero-order chi connectivity index (χ0) is 23.6. The maximum Gasteiger partial charge on any atom is 0.0723 e. The summed E-state index contributed by atoms with van der Waals surface area (Å²) in [5.41, 5.74) is 10.5. The van der Waals surface area contributed by atoms with Crippen LogP contribution in [0.15, 0.2) is 131 Å². The summed E-state index contributed by atoms with van der Waals surface area (Å²) in [5, 5.41) is 0. The highest BCUT2D eigenvalue weighted by atomic mass is 32.2. The Kier molecular flexibility index (Phi) is 4.44. The lowest BCUT2D eigenvalue weighted by molar-refractivity contribution is 0.651. The van der Waals surface area contributed by atoms with Gasteiger partial charge in [0.15, 0.2) is 0 Å². The highest BCUT2D eigenvalue weighted by Crippen LogP contribution is 2.57. The summed E-state index contributed by atoms with van der Waals surface area (Å²) in [6, 6.07) is 45.2. The Morgan fingerprint density at radius 1 is 0.457 bits per heavy atom. The summed E-state index contributed by atoms with van der Waals surface area (Å²) in [7, 11) is 0. The number of rotatable bonds is 2. The molecule has 0 fully saturated rings. The van der Waals surface area contributed by atoms with Gasteiger partial charge in [-0.1, -0.05) is 135 Å². The molecule has 1 aliphatic heterocycles. The third kappa shape index (κ3) is 2.76. The Morgan fingerprint density at radius 3 is 1.69 bits per heavy atom. The maximum absolute atomic E-state index is 2.51. The summed E-state index contributed by atoms with van der Waals surface area (Å²) in [6.07, 6.45) is 0. The van der Waals surface area contributed by atoms with Crippen molar-refractivity contribution in [2.24, 2.45) is 0 Å². The molecule has 0 radical (unpaired) electrons. The molecule has 5 aromatic carbocycles. The van der Waals surface area contributed by atoms with Crippen molar-refractivity contribution in [2.75, 3.05) is 0 Å². The first-order chi connectivity index (χ1) is 17.1. The topological polar surface area (TPSA) is 0 Å². The molecular weight excluding hydrogens is 440 g/mol. The van der Waals surface area contributed by atoms with Crippen LogP contribution in [0, 0.1) is 0 Å². The van der Waals surface area contributed by atoms with Gasteiger partial charge in [0, 0.05) is 15.2 Å². The number of hydrogen-bond donors (Lipinski definition) is 0. The molecule has 0 saturated carbocycles. The van der Waals surface area contributed by atoms with Crippen molar-refractivity contribution in [2.45, 2.75) is 34.5 Å². The summed E-state index contributed by atoms with van der Waals surface area (Å²) in [6.45, 7) is 4.74. The van der Waals surface area contributed by atoms with Crippen molar-refractivity contribution in [1.29, 1.82) is 0 Å². The minimum atomic E-state index is -0.375. The average Bonchev–Trinajstić information content (AvgIpc) is 3.14. The van der Waals surface area contributed by atoms with Gasteiger partial charge in [0.1, 0.15) is 0 Å². The third-order valence-corrected chi connectivity index (χ3v) is 9.18. The van der Waals surface area contributed by atoms with Crippen LogP contribution in [0.4, 0.5) is 0 Å². The second-order valence-corrected chi connectivity index (χ2v) is 11.2. The molecule has 0 N–H and O–H groups in total. The van der Waals surface area contributed by atoms with Crippen molar-refractivity contribution in [3.63, 3.8) is 0 Å². The zero-order valence-electron chi connectivity index (χ0n) is 20.0. The Hall–Kier alpha value is -3.55. The summed E-state index contributed by atoms with van der Waals surface area (Å²) in [5.74, 6) is 0. The minimum Gasteiger partial charge on any atom is -0.0894 e. The molecule has 0 nitrogen and oxygen atoms in total. The first kappa shape index (κ1) is 20.8. The lowest BCUT2D eigenvalue weighted by atomic mass is 9.64. The molecule has 2 aliphatic rings. The van der Waals surface area contributed by atoms with Crippen LogP contribution in [0.25, 0.3) is 11.1 Å². The van der Waals surface area contributed by atoms with Gasteiger partial charge in [-0.05, 0) is 56.6 Å². The van der Waals surface area contributed by atoms with Crippen molar-refractivity contribution >= 4 is 11.8 Å². The highest BCUT2D eigenvalue weighted by molar-refractivity contribution is 7.99. The molecule has 0 unspecified atom stereocenters. The van der Waals surface area contributed by atoms with Crippen LogP contribution in [0.1, 0.15) is 47.2 Å². The molecular formula is C34H26S. The molecule has 1 heterocycles. The van der Waals surface area contributed by atoms with Crippen molar-refractivity contribution in [3.05, 3.63) is 155 Å². The normalized spacial score (nSPS) is 16.1. The van der Waals surface area contributed by atoms with Crippen LogP contribution in [0.3, 0.4) is 0 Å². The lowest BCUT2D eigenvalue weighted by Crippen LogP contribution is -2.34. The Labute approximate surface area is 211 Å². The van der Waals surface area contributed by atoms with E-state index >= 15 is 0 Å². The van der Waals surface area contributed by atoms with Crippen molar-refractivity contribution in [3.8, 4) is 11.1 Å². The van der Waals surface area contributed by atoms with E-state index in [0.717, 1.165) is 0 Å².